The molecule has 0 saturated heterocycles. The Labute approximate surface area is 173 Å². The second-order valence-corrected chi connectivity index (χ2v) is 9.35. The first-order valence-electron chi connectivity index (χ1n) is 8.88. The van der Waals surface area contributed by atoms with E-state index in [0.29, 0.717) is 11.1 Å². The van der Waals surface area contributed by atoms with Gasteiger partial charge in [0.2, 0.25) is 17.8 Å². The van der Waals surface area contributed by atoms with E-state index in [4.69, 9.17) is 11.0 Å². The highest BCUT2D eigenvalue weighted by Gasteiger charge is 2.35. The molecule has 0 aliphatic carbocycles. The van der Waals surface area contributed by atoms with E-state index < -0.39 is 44.8 Å². The van der Waals surface area contributed by atoms with Gasteiger partial charge in [0.15, 0.2) is 9.84 Å². The number of hydrogen-bond donors (Lipinski definition) is 2. The van der Waals surface area contributed by atoms with Crippen molar-refractivity contribution < 1.29 is 22.4 Å². The Kier molecular flexibility index (Phi) is 6.89. The van der Waals surface area contributed by atoms with Crippen LogP contribution in [0.1, 0.15) is 20.3 Å². The van der Waals surface area contributed by atoms with Crippen molar-refractivity contribution in [2.24, 2.45) is 11.1 Å². The first-order valence-corrected chi connectivity index (χ1v) is 10.5. The molecule has 2 rings (SSSR count). The van der Waals surface area contributed by atoms with Crippen molar-refractivity contribution in [3.8, 4) is 17.2 Å². The topological polar surface area (TPSA) is 143 Å². The van der Waals surface area contributed by atoms with Gasteiger partial charge in [0.1, 0.15) is 6.04 Å². The van der Waals surface area contributed by atoms with Gasteiger partial charge in [-0.15, -0.1) is 0 Å². The lowest BCUT2D eigenvalue weighted by molar-refractivity contribution is -0.129. The van der Waals surface area contributed by atoms with Gasteiger partial charge >= 0.3 is 0 Å². The molecule has 8 nitrogen and oxygen atoms in total. The molecule has 0 aliphatic rings. The third-order valence-corrected chi connectivity index (χ3v) is 6.40. The summed E-state index contributed by atoms with van der Waals surface area (Å²) in [6, 6.07) is 9.25. The van der Waals surface area contributed by atoms with Crippen LogP contribution in [0.5, 0.6) is 0 Å². The zero-order chi connectivity index (χ0) is 22.5. The standard InChI is InChI=1S/C20H21FN4O4S/c1-20(2,19(27)25-15(10-22)9-18(23)26)12-30(28,29)16-6-3-13(4-7-16)14-5-8-17(21)24-11-14/h3-8,11,15H,9,12H2,1-2H3,(H2,23,26)(H,25,27)/t15-/m0/s1. The Morgan fingerprint density at radius 2 is 1.80 bits per heavy atom. The second kappa shape index (κ2) is 9.00. The third-order valence-electron chi connectivity index (χ3n) is 4.31. The molecule has 0 unspecified atom stereocenters. The molecule has 0 fully saturated rings. The molecule has 1 aromatic heterocycles. The molecule has 0 radical (unpaired) electrons. The Hall–Kier alpha value is -3.32. The molecule has 0 bridgehead atoms. The van der Waals surface area contributed by atoms with Crippen molar-refractivity contribution in [3.63, 3.8) is 0 Å². The van der Waals surface area contributed by atoms with E-state index in [-0.39, 0.29) is 11.3 Å². The predicted molar refractivity (Wildman–Crippen MR) is 107 cm³/mol. The number of hydrogen-bond acceptors (Lipinski definition) is 6. The number of aromatic nitrogens is 1. The minimum atomic E-state index is -3.85. The van der Waals surface area contributed by atoms with Crippen LogP contribution in [-0.2, 0) is 19.4 Å². The van der Waals surface area contributed by atoms with Gasteiger partial charge in [0.25, 0.3) is 0 Å². The van der Waals surface area contributed by atoms with Crippen molar-refractivity contribution in [2.45, 2.75) is 31.2 Å². The number of nitriles is 1. The lowest BCUT2D eigenvalue weighted by Crippen LogP contribution is -2.46. The number of amides is 2. The number of carbonyl (C=O) groups excluding carboxylic acids is 2. The molecule has 2 amide bonds. The molecule has 1 atom stereocenters. The van der Waals surface area contributed by atoms with E-state index in [1.807, 2.05) is 0 Å². The van der Waals surface area contributed by atoms with E-state index in [1.54, 1.807) is 18.2 Å². The van der Waals surface area contributed by atoms with Gasteiger partial charge in [0.05, 0.1) is 28.6 Å². The Morgan fingerprint density at radius 3 is 2.30 bits per heavy atom. The molecule has 10 heteroatoms. The molecule has 0 spiro atoms. The molecular formula is C20H21FN4O4S. The average Bonchev–Trinajstić information content (AvgIpc) is 2.67. The van der Waals surface area contributed by atoms with Gasteiger partial charge in [-0.3, -0.25) is 9.59 Å². The van der Waals surface area contributed by atoms with E-state index in [0.717, 1.165) is 0 Å². The smallest absolute Gasteiger partial charge is 0.227 e. The summed E-state index contributed by atoms with van der Waals surface area (Å²) in [6.45, 7) is 2.86. The van der Waals surface area contributed by atoms with Gasteiger partial charge in [-0.25, -0.2) is 13.4 Å². The highest BCUT2D eigenvalue weighted by Crippen LogP contribution is 2.26. The first-order chi connectivity index (χ1) is 13.9. The fourth-order valence-corrected chi connectivity index (χ4v) is 4.51. The highest BCUT2D eigenvalue weighted by atomic mass is 32.2. The zero-order valence-electron chi connectivity index (χ0n) is 16.4. The van der Waals surface area contributed by atoms with E-state index in [1.165, 1.54) is 44.3 Å². The molecule has 30 heavy (non-hydrogen) atoms. The SMILES string of the molecule is CC(C)(CS(=O)(=O)c1ccc(-c2ccc(F)nc2)cc1)C(=O)N[C@H](C#N)CC(N)=O. The van der Waals surface area contributed by atoms with Gasteiger partial charge in [-0.1, -0.05) is 26.0 Å². The van der Waals surface area contributed by atoms with Crippen LogP contribution in [0.4, 0.5) is 4.39 Å². The summed E-state index contributed by atoms with van der Waals surface area (Å²) in [5.74, 6) is -2.58. The maximum Gasteiger partial charge on any atom is 0.227 e. The van der Waals surface area contributed by atoms with Crippen LogP contribution >= 0.6 is 0 Å². The predicted octanol–water partition coefficient (Wildman–Crippen LogP) is 1.57. The number of sulfone groups is 1. The lowest BCUT2D eigenvalue weighted by atomic mass is 9.94. The van der Waals surface area contributed by atoms with Crippen molar-refractivity contribution in [3.05, 3.63) is 48.5 Å². The summed E-state index contributed by atoms with van der Waals surface area (Å²) in [5, 5.41) is 11.4. The largest absolute Gasteiger partial charge is 0.370 e. The molecule has 1 heterocycles. The number of rotatable bonds is 8. The summed E-state index contributed by atoms with van der Waals surface area (Å²) in [7, 11) is -3.85. The lowest BCUT2D eigenvalue weighted by Gasteiger charge is -2.24. The Balaban J connectivity index is 2.16. The number of pyridine rings is 1. The maximum atomic E-state index is 12.9. The third kappa shape index (κ3) is 5.84. The number of nitrogens with zero attached hydrogens (tertiary/aromatic N) is 2. The molecule has 0 aliphatic heterocycles. The zero-order valence-corrected chi connectivity index (χ0v) is 17.2. The summed E-state index contributed by atoms with van der Waals surface area (Å²) in [5.41, 5.74) is 4.94. The fourth-order valence-electron chi connectivity index (χ4n) is 2.71. The van der Waals surface area contributed by atoms with Crippen molar-refractivity contribution in [1.82, 2.24) is 10.3 Å². The van der Waals surface area contributed by atoms with Crippen LogP contribution in [0.15, 0.2) is 47.5 Å². The van der Waals surface area contributed by atoms with Crippen molar-refractivity contribution in [1.29, 1.82) is 5.26 Å². The maximum absolute atomic E-state index is 12.9. The molecular weight excluding hydrogens is 411 g/mol. The summed E-state index contributed by atoms with van der Waals surface area (Å²) in [6.07, 6.45) is 0.967. The quantitative estimate of drug-likeness (QED) is 0.606. The fraction of sp³-hybridized carbons (Fsp3) is 0.300. The molecule has 158 valence electrons. The van der Waals surface area contributed by atoms with Crippen LogP contribution in [0.3, 0.4) is 0 Å². The minimum absolute atomic E-state index is 0.0103. The Morgan fingerprint density at radius 1 is 1.20 bits per heavy atom. The Bertz CT molecular complexity index is 1080. The molecule has 1 aromatic carbocycles. The summed E-state index contributed by atoms with van der Waals surface area (Å²) >= 11 is 0. The number of nitrogens with two attached hydrogens (primary N) is 1. The van der Waals surface area contributed by atoms with Crippen molar-refractivity contribution in [2.75, 3.05) is 5.75 Å². The average molecular weight is 432 g/mol. The van der Waals surface area contributed by atoms with Gasteiger partial charge in [-0.2, -0.15) is 9.65 Å². The molecule has 0 saturated carbocycles. The van der Waals surface area contributed by atoms with E-state index >= 15 is 0 Å². The van der Waals surface area contributed by atoms with Crippen LogP contribution in [0.25, 0.3) is 11.1 Å². The monoisotopic (exact) mass is 432 g/mol. The van der Waals surface area contributed by atoms with Gasteiger partial charge in [-0.05, 0) is 29.8 Å². The van der Waals surface area contributed by atoms with E-state index in [9.17, 15) is 22.4 Å². The number of carbonyl (C=O) groups is 2. The summed E-state index contributed by atoms with van der Waals surface area (Å²) < 4.78 is 38.5. The second-order valence-electron chi connectivity index (χ2n) is 7.36. The van der Waals surface area contributed by atoms with E-state index in [2.05, 4.69) is 10.3 Å². The number of nitrogens with one attached hydrogen (secondary N) is 1. The molecule has 2 aromatic rings. The van der Waals surface area contributed by atoms with Gasteiger partial charge < -0.3 is 11.1 Å². The van der Waals surface area contributed by atoms with Gasteiger partial charge in [0, 0.05) is 11.8 Å². The van der Waals surface area contributed by atoms with Crippen LogP contribution in [0, 0.1) is 22.7 Å². The highest BCUT2D eigenvalue weighted by molar-refractivity contribution is 7.91. The molecule has 3 N–H and O–H groups in total. The first kappa shape index (κ1) is 23.0. The number of halogens is 1. The van der Waals surface area contributed by atoms with Crippen molar-refractivity contribution >= 4 is 21.7 Å². The normalized spacial score (nSPS) is 12.6. The number of primary amides is 1. The minimum Gasteiger partial charge on any atom is -0.370 e. The van der Waals surface area contributed by atoms with Crippen LogP contribution < -0.4 is 11.1 Å². The van der Waals surface area contributed by atoms with Crippen LogP contribution in [-0.4, -0.2) is 37.0 Å². The summed E-state index contributed by atoms with van der Waals surface area (Å²) in [4.78, 5) is 27.0. The number of benzene rings is 1. The van der Waals surface area contributed by atoms with Crippen LogP contribution in [0.2, 0.25) is 0 Å².